The Morgan fingerprint density at radius 1 is 1.43 bits per heavy atom. The van der Waals surface area contributed by atoms with Crippen molar-refractivity contribution in [3.05, 3.63) is 42.1 Å². The second kappa shape index (κ2) is 6.88. The van der Waals surface area contributed by atoms with Gasteiger partial charge in [0.1, 0.15) is 17.3 Å². The Balaban J connectivity index is 2.06. The van der Waals surface area contributed by atoms with Crippen molar-refractivity contribution in [2.45, 2.75) is 19.9 Å². The number of amides is 1. The van der Waals surface area contributed by atoms with Crippen LogP contribution < -0.4 is 5.32 Å². The molecule has 0 radical (unpaired) electrons. The Morgan fingerprint density at radius 2 is 2.24 bits per heavy atom. The van der Waals surface area contributed by atoms with Crippen LogP contribution in [0.5, 0.6) is 0 Å². The number of aromatic nitrogens is 3. The molecular weight excluding hydrogens is 266 g/mol. The topological polar surface area (TPSA) is 63.1 Å². The van der Waals surface area contributed by atoms with Crippen LogP contribution in [-0.4, -0.2) is 38.9 Å². The SMILES string of the molecule is CCCNc1cccc(C(=O)N(C)Cc2nccn2C)n1. The lowest BCUT2D eigenvalue weighted by Gasteiger charge is -2.16. The van der Waals surface area contributed by atoms with Gasteiger partial charge >= 0.3 is 0 Å². The van der Waals surface area contributed by atoms with E-state index in [1.165, 1.54) is 0 Å². The molecule has 0 spiro atoms. The second-order valence-corrected chi connectivity index (χ2v) is 4.95. The van der Waals surface area contributed by atoms with Gasteiger partial charge in [-0.15, -0.1) is 0 Å². The molecule has 2 aromatic heterocycles. The summed E-state index contributed by atoms with van der Waals surface area (Å²) in [5.41, 5.74) is 0.438. The van der Waals surface area contributed by atoms with Gasteiger partial charge in [0.05, 0.1) is 6.54 Å². The molecular formula is C15H21N5O. The van der Waals surface area contributed by atoms with Gasteiger partial charge in [0, 0.05) is 33.0 Å². The first-order valence-corrected chi connectivity index (χ1v) is 7.04. The highest BCUT2D eigenvalue weighted by atomic mass is 16.2. The van der Waals surface area contributed by atoms with Gasteiger partial charge in [0.25, 0.3) is 5.91 Å². The molecule has 0 aliphatic rings. The standard InChI is InChI=1S/C15H21N5O/c1-4-8-16-13-7-5-6-12(18-13)15(21)20(3)11-14-17-9-10-19(14)2/h5-7,9-10H,4,8,11H2,1-3H3,(H,16,18). The molecule has 0 saturated carbocycles. The van der Waals surface area contributed by atoms with Crippen LogP contribution in [0.1, 0.15) is 29.7 Å². The number of hydrogen-bond donors (Lipinski definition) is 1. The molecule has 0 fully saturated rings. The molecule has 0 aromatic carbocycles. The zero-order valence-corrected chi connectivity index (χ0v) is 12.7. The summed E-state index contributed by atoms with van der Waals surface area (Å²) in [6.07, 6.45) is 4.60. The third-order valence-corrected chi connectivity index (χ3v) is 3.17. The van der Waals surface area contributed by atoms with E-state index in [9.17, 15) is 4.79 Å². The van der Waals surface area contributed by atoms with Crippen LogP contribution in [-0.2, 0) is 13.6 Å². The van der Waals surface area contributed by atoms with E-state index in [4.69, 9.17) is 0 Å². The highest BCUT2D eigenvalue weighted by Gasteiger charge is 2.15. The number of hydrogen-bond acceptors (Lipinski definition) is 4. The zero-order valence-electron chi connectivity index (χ0n) is 12.7. The minimum absolute atomic E-state index is 0.113. The van der Waals surface area contributed by atoms with E-state index < -0.39 is 0 Å². The van der Waals surface area contributed by atoms with Crippen molar-refractivity contribution in [1.29, 1.82) is 0 Å². The maximum absolute atomic E-state index is 12.4. The maximum atomic E-state index is 12.4. The number of carbonyl (C=O) groups excluding carboxylic acids is 1. The molecule has 0 bridgehead atoms. The van der Waals surface area contributed by atoms with E-state index in [0.29, 0.717) is 12.2 Å². The molecule has 0 atom stereocenters. The van der Waals surface area contributed by atoms with Gasteiger partial charge in [-0.3, -0.25) is 4.79 Å². The minimum atomic E-state index is -0.113. The Labute approximate surface area is 124 Å². The zero-order chi connectivity index (χ0) is 15.2. The molecule has 2 aromatic rings. The van der Waals surface area contributed by atoms with Crippen molar-refractivity contribution in [3.63, 3.8) is 0 Å². The van der Waals surface area contributed by atoms with Crippen molar-refractivity contribution < 1.29 is 4.79 Å². The summed E-state index contributed by atoms with van der Waals surface area (Å²) >= 11 is 0. The van der Waals surface area contributed by atoms with Crippen LogP contribution in [0.4, 0.5) is 5.82 Å². The van der Waals surface area contributed by atoms with Crippen molar-refractivity contribution in [2.24, 2.45) is 7.05 Å². The number of nitrogens with one attached hydrogen (secondary N) is 1. The van der Waals surface area contributed by atoms with E-state index in [1.807, 2.05) is 29.9 Å². The predicted molar refractivity (Wildman–Crippen MR) is 82.0 cm³/mol. The van der Waals surface area contributed by atoms with Gasteiger partial charge in [0.2, 0.25) is 0 Å². The van der Waals surface area contributed by atoms with Crippen LogP contribution in [0.15, 0.2) is 30.6 Å². The average molecular weight is 287 g/mol. The molecule has 1 N–H and O–H groups in total. The van der Waals surface area contributed by atoms with E-state index in [0.717, 1.165) is 24.6 Å². The maximum Gasteiger partial charge on any atom is 0.272 e. The molecule has 21 heavy (non-hydrogen) atoms. The summed E-state index contributed by atoms with van der Waals surface area (Å²) < 4.78 is 1.90. The fraction of sp³-hybridized carbons (Fsp3) is 0.400. The lowest BCUT2D eigenvalue weighted by molar-refractivity contribution is 0.0775. The number of pyridine rings is 1. The second-order valence-electron chi connectivity index (χ2n) is 4.95. The van der Waals surface area contributed by atoms with Gasteiger partial charge in [-0.25, -0.2) is 9.97 Å². The number of imidazole rings is 1. The normalized spacial score (nSPS) is 10.4. The molecule has 0 aliphatic heterocycles. The van der Waals surface area contributed by atoms with Gasteiger partial charge < -0.3 is 14.8 Å². The molecule has 1 amide bonds. The highest BCUT2D eigenvalue weighted by Crippen LogP contribution is 2.09. The Bertz CT molecular complexity index is 608. The van der Waals surface area contributed by atoms with E-state index >= 15 is 0 Å². The molecule has 112 valence electrons. The van der Waals surface area contributed by atoms with Crippen LogP contribution in [0.3, 0.4) is 0 Å². The summed E-state index contributed by atoms with van der Waals surface area (Å²) in [7, 11) is 3.67. The quantitative estimate of drug-likeness (QED) is 0.881. The Morgan fingerprint density at radius 3 is 2.90 bits per heavy atom. The number of aryl methyl sites for hydroxylation is 1. The minimum Gasteiger partial charge on any atom is -0.370 e. The Kier molecular flexibility index (Phi) is 4.92. The summed E-state index contributed by atoms with van der Waals surface area (Å²) in [6.45, 7) is 3.38. The lowest BCUT2D eigenvalue weighted by atomic mass is 10.3. The number of anilines is 1. The van der Waals surface area contributed by atoms with Gasteiger partial charge in [-0.2, -0.15) is 0 Å². The molecule has 6 nitrogen and oxygen atoms in total. The number of carbonyl (C=O) groups is 1. The molecule has 0 unspecified atom stereocenters. The van der Waals surface area contributed by atoms with Crippen LogP contribution in [0.2, 0.25) is 0 Å². The van der Waals surface area contributed by atoms with Crippen molar-refractivity contribution in [3.8, 4) is 0 Å². The monoisotopic (exact) mass is 287 g/mol. The van der Waals surface area contributed by atoms with Crippen LogP contribution in [0, 0.1) is 0 Å². The molecule has 2 heterocycles. The third-order valence-electron chi connectivity index (χ3n) is 3.17. The van der Waals surface area contributed by atoms with Gasteiger partial charge in [-0.1, -0.05) is 13.0 Å². The fourth-order valence-corrected chi connectivity index (χ4v) is 1.93. The van der Waals surface area contributed by atoms with Crippen molar-refractivity contribution >= 4 is 11.7 Å². The molecule has 0 aliphatic carbocycles. The van der Waals surface area contributed by atoms with Gasteiger partial charge in [0.15, 0.2) is 0 Å². The number of rotatable bonds is 6. The first kappa shape index (κ1) is 15.0. The highest BCUT2D eigenvalue weighted by molar-refractivity contribution is 5.92. The molecule has 2 rings (SSSR count). The largest absolute Gasteiger partial charge is 0.370 e. The Hall–Kier alpha value is -2.37. The van der Waals surface area contributed by atoms with Crippen molar-refractivity contribution in [1.82, 2.24) is 19.4 Å². The van der Waals surface area contributed by atoms with E-state index in [2.05, 4.69) is 22.2 Å². The molecule has 0 saturated heterocycles. The summed E-state index contributed by atoms with van der Waals surface area (Å²) in [5, 5.41) is 3.18. The third kappa shape index (κ3) is 3.81. The number of nitrogens with zero attached hydrogens (tertiary/aromatic N) is 4. The van der Waals surface area contributed by atoms with E-state index in [1.54, 1.807) is 24.2 Å². The average Bonchev–Trinajstić information content (AvgIpc) is 2.90. The summed E-state index contributed by atoms with van der Waals surface area (Å²) in [6, 6.07) is 5.44. The van der Waals surface area contributed by atoms with Crippen molar-refractivity contribution in [2.75, 3.05) is 18.9 Å². The van der Waals surface area contributed by atoms with E-state index in [-0.39, 0.29) is 5.91 Å². The summed E-state index contributed by atoms with van der Waals surface area (Å²) in [4.78, 5) is 22.6. The predicted octanol–water partition coefficient (Wildman–Crippen LogP) is 1.91. The first-order valence-electron chi connectivity index (χ1n) is 7.04. The van der Waals surface area contributed by atoms with Crippen LogP contribution >= 0.6 is 0 Å². The van der Waals surface area contributed by atoms with Crippen LogP contribution in [0.25, 0.3) is 0 Å². The lowest BCUT2D eigenvalue weighted by Crippen LogP contribution is -2.28. The fourth-order valence-electron chi connectivity index (χ4n) is 1.93. The molecule has 6 heteroatoms. The van der Waals surface area contributed by atoms with Gasteiger partial charge in [-0.05, 0) is 18.6 Å². The smallest absolute Gasteiger partial charge is 0.272 e. The first-order chi connectivity index (χ1) is 10.1. The summed E-state index contributed by atoms with van der Waals surface area (Å²) in [5.74, 6) is 1.46.